The van der Waals surface area contributed by atoms with Crippen LogP contribution in [0.4, 0.5) is 0 Å². The lowest BCUT2D eigenvalue weighted by Gasteiger charge is -2.17. The Bertz CT molecular complexity index is 1110. The number of benzene rings is 2. The van der Waals surface area contributed by atoms with Crippen molar-refractivity contribution in [3.05, 3.63) is 70.6 Å². The quantitative estimate of drug-likeness (QED) is 0.575. The Morgan fingerprint density at radius 3 is 2.80 bits per heavy atom. The van der Waals surface area contributed by atoms with Gasteiger partial charge in [0.2, 0.25) is 0 Å². The average molecular weight is 334 g/mol. The van der Waals surface area contributed by atoms with Crippen LogP contribution >= 0.6 is 0 Å². The van der Waals surface area contributed by atoms with Crippen molar-refractivity contribution in [3.8, 4) is 11.3 Å². The van der Waals surface area contributed by atoms with Crippen LogP contribution in [0.5, 0.6) is 0 Å². The van der Waals surface area contributed by atoms with Crippen LogP contribution in [0.15, 0.2) is 59.5 Å². The molecule has 0 saturated carbocycles. The molecule has 0 saturated heterocycles. The highest BCUT2D eigenvalue weighted by molar-refractivity contribution is 5.86. The first-order valence-corrected chi connectivity index (χ1v) is 7.74. The standard InChI is InChI=1S/C18H14N4O3/c23-17-7-3-6-16-14(17)8-12-4-1-2-5-15(12)22(16)10-13-9-21(20-19-13)11-18(24)25/h1-9H,10-11H2,(H,24,25). The van der Waals surface area contributed by atoms with Crippen LogP contribution < -0.4 is 5.43 Å². The number of carbonyl (C=O) groups is 1. The van der Waals surface area contributed by atoms with Crippen LogP contribution in [0, 0.1) is 0 Å². The molecule has 2 aromatic rings. The van der Waals surface area contributed by atoms with Crippen molar-refractivity contribution < 1.29 is 9.90 Å². The number of nitrogens with zero attached hydrogens (tertiary/aromatic N) is 4. The average Bonchev–Trinajstić information content (AvgIpc) is 3.02. The van der Waals surface area contributed by atoms with Crippen molar-refractivity contribution in [1.29, 1.82) is 0 Å². The number of aliphatic carboxylic acids is 1. The fourth-order valence-electron chi connectivity index (χ4n) is 3.01. The third kappa shape index (κ3) is 2.76. The lowest BCUT2D eigenvalue weighted by molar-refractivity contribution is -0.137. The second-order valence-corrected chi connectivity index (χ2v) is 5.78. The van der Waals surface area contributed by atoms with E-state index in [1.807, 2.05) is 41.0 Å². The van der Waals surface area contributed by atoms with Gasteiger partial charge in [-0.3, -0.25) is 9.59 Å². The Morgan fingerprint density at radius 2 is 1.96 bits per heavy atom. The highest BCUT2D eigenvalue weighted by Gasteiger charge is 2.14. The van der Waals surface area contributed by atoms with E-state index in [1.54, 1.807) is 18.3 Å². The van der Waals surface area contributed by atoms with Crippen LogP contribution in [0.25, 0.3) is 22.2 Å². The molecule has 1 aromatic carbocycles. The minimum atomic E-state index is -0.976. The van der Waals surface area contributed by atoms with Crippen molar-refractivity contribution >= 4 is 16.9 Å². The van der Waals surface area contributed by atoms with Gasteiger partial charge in [0.15, 0.2) is 5.43 Å². The van der Waals surface area contributed by atoms with Gasteiger partial charge in [0, 0.05) is 11.1 Å². The van der Waals surface area contributed by atoms with Crippen LogP contribution in [0.3, 0.4) is 0 Å². The molecule has 7 nitrogen and oxygen atoms in total. The summed E-state index contributed by atoms with van der Waals surface area (Å²) in [7, 11) is 0. The molecule has 0 atom stereocenters. The normalized spacial score (nSPS) is 11.2. The third-order valence-electron chi connectivity index (χ3n) is 4.06. The summed E-state index contributed by atoms with van der Waals surface area (Å²) in [5.41, 5.74) is 3.00. The van der Waals surface area contributed by atoms with Crippen molar-refractivity contribution in [2.75, 3.05) is 0 Å². The summed E-state index contributed by atoms with van der Waals surface area (Å²) in [6, 6.07) is 14.9. The Kier molecular flexibility index (Phi) is 3.53. The molecule has 7 heteroatoms. The van der Waals surface area contributed by atoms with E-state index in [2.05, 4.69) is 10.3 Å². The van der Waals surface area contributed by atoms with E-state index in [0.717, 1.165) is 16.6 Å². The predicted octanol–water partition coefficient (Wildman–Crippen LogP) is 1.83. The Morgan fingerprint density at radius 1 is 1.12 bits per heavy atom. The Hall–Kier alpha value is -3.48. The molecule has 0 fully saturated rings. The first-order valence-electron chi connectivity index (χ1n) is 7.74. The zero-order valence-corrected chi connectivity index (χ0v) is 13.2. The zero-order chi connectivity index (χ0) is 17.4. The summed E-state index contributed by atoms with van der Waals surface area (Å²) in [6.07, 6.45) is 1.61. The monoisotopic (exact) mass is 334 g/mol. The maximum absolute atomic E-state index is 12.2. The minimum Gasteiger partial charge on any atom is -0.480 e. The van der Waals surface area contributed by atoms with Crippen LogP contribution in [-0.4, -0.2) is 30.6 Å². The Labute approximate surface area is 142 Å². The number of pyridine rings is 1. The number of hydrogen-bond donors (Lipinski definition) is 1. The minimum absolute atomic E-state index is 0.0356. The number of carboxylic acids is 1. The summed E-state index contributed by atoms with van der Waals surface area (Å²) in [5, 5.41) is 17.7. The van der Waals surface area contributed by atoms with E-state index in [1.165, 1.54) is 4.68 Å². The fraction of sp³-hybridized carbons (Fsp3) is 0.111. The van der Waals surface area contributed by atoms with Crippen LogP contribution in [0.2, 0.25) is 0 Å². The van der Waals surface area contributed by atoms with E-state index >= 15 is 0 Å². The molecule has 0 radical (unpaired) electrons. The second kappa shape index (κ2) is 5.86. The molecule has 1 aliphatic carbocycles. The number of para-hydroxylation sites is 1. The first-order chi connectivity index (χ1) is 12.1. The van der Waals surface area contributed by atoms with Gasteiger partial charge in [-0.05, 0) is 29.7 Å². The number of rotatable bonds is 4. The third-order valence-corrected chi connectivity index (χ3v) is 4.06. The molecule has 0 unspecified atom stereocenters. The van der Waals surface area contributed by atoms with E-state index < -0.39 is 5.97 Å². The molecule has 2 aliphatic rings. The molecule has 0 amide bonds. The maximum atomic E-state index is 12.2. The highest BCUT2D eigenvalue weighted by atomic mass is 16.4. The van der Waals surface area contributed by atoms with Crippen molar-refractivity contribution in [2.45, 2.75) is 13.1 Å². The molecular formula is C18H14N4O3. The number of aromatic nitrogens is 4. The fourth-order valence-corrected chi connectivity index (χ4v) is 3.01. The topological polar surface area (TPSA) is 90.0 Å². The summed E-state index contributed by atoms with van der Waals surface area (Å²) in [5.74, 6) is -0.976. The van der Waals surface area contributed by atoms with Gasteiger partial charge in [-0.2, -0.15) is 0 Å². The van der Waals surface area contributed by atoms with Crippen LogP contribution in [-0.2, 0) is 17.9 Å². The summed E-state index contributed by atoms with van der Waals surface area (Å²) in [6.45, 7) is 0.152. The molecule has 0 spiro atoms. The first kappa shape index (κ1) is 15.1. The summed E-state index contributed by atoms with van der Waals surface area (Å²) in [4.78, 5) is 23.0. The van der Waals surface area contributed by atoms with Gasteiger partial charge in [0.25, 0.3) is 0 Å². The smallest absolute Gasteiger partial charge is 0.325 e. The molecule has 4 rings (SSSR count). The van der Waals surface area contributed by atoms with Gasteiger partial charge in [0.05, 0.1) is 18.4 Å². The number of carboxylic acid groups (broad SMARTS) is 1. The van der Waals surface area contributed by atoms with Gasteiger partial charge in [-0.25, -0.2) is 4.68 Å². The lowest BCUT2D eigenvalue weighted by atomic mass is 10.0. The van der Waals surface area contributed by atoms with E-state index in [-0.39, 0.29) is 12.0 Å². The summed E-state index contributed by atoms with van der Waals surface area (Å²) < 4.78 is 3.28. The predicted molar refractivity (Wildman–Crippen MR) is 91.6 cm³/mol. The van der Waals surface area contributed by atoms with Gasteiger partial charge < -0.3 is 9.67 Å². The van der Waals surface area contributed by atoms with Crippen LogP contribution in [0.1, 0.15) is 5.69 Å². The summed E-state index contributed by atoms with van der Waals surface area (Å²) >= 11 is 0. The van der Waals surface area contributed by atoms with Crippen molar-refractivity contribution in [1.82, 2.24) is 19.6 Å². The number of hydrogen-bond acceptors (Lipinski definition) is 4. The van der Waals surface area contributed by atoms with E-state index in [9.17, 15) is 9.59 Å². The van der Waals surface area contributed by atoms with E-state index in [4.69, 9.17) is 5.11 Å². The van der Waals surface area contributed by atoms with Crippen molar-refractivity contribution in [3.63, 3.8) is 0 Å². The molecular weight excluding hydrogens is 320 g/mol. The molecule has 1 aromatic heterocycles. The molecule has 1 aliphatic heterocycles. The van der Waals surface area contributed by atoms with E-state index in [0.29, 0.717) is 17.8 Å². The van der Waals surface area contributed by atoms with Gasteiger partial charge in [-0.1, -0.05) is 29.5 Å². The second-order valence-electron chi connectivity index (χ2n) is 5.78. The molecule has 0 bridgehead atoms. The molecule has 2 heterocycles. The van der Waals surface area contributed by atoms with Gasteiger partial charge in [-0.15, -0.1) is 5.10 Å². The molecule has 124 valence electrons. The lowest BCUT2D eigenvalue weighted by Crippen LogP contribution is -2.13. The van der Waals surface area contributed by atoms with Gasteiger partial charge in [0.1, 0.15) is 12.2 Å². The largest absolute Gasteiger partial charge is 0.480 e. The molecule has 25 heavy (non-hydrogen) atoms. The van der Waals surface area contributed by atoms with Crippen molar-refractivity contribution in [2.24, 2.45) is 0 Å². The molecule has 1 N–H and O–H groups in total. The van der Waals surface area contributed by atoms with Gasteiger partial charge >= 0.3 is 5.97 Å². The zero-order valence-electron chi connectivity index (χ0n) is 13.2. The maximum Gasteiger partial charge on any atom is 0.325 e. The number of fused-ring (bicyclic) bond motifs is 2. The highest BCUT2D eigenvalue weighted by Crippen LogP contribution is 2.26. The SMILES string of the molecule is O=C(O)Cn1cc(Cn2c3cccc(=O)c-3cc3ccccc32)nn1. The Balaban J connectivity index is 1.87.